The van der Waals surface area contributed by atoms with E-state index in [1.807, 2.05) is 19.2 Å². The first-order valence-electron chi connectivity index (χ1n) is 8.29. The maximum absolute atomic E-state index is 12.2. The molecular formula is C17H24N4O2S. The number of sulfonamides is 1. The molecule has 1 atom stereocenters. The fourth-order valence-electron chi connectivity index (χ4n) is 3.24. The second-order valence-electron chi connectivity index (χ2n) is 6.33. The van der Waals surface area contributed by atoms with Crippen LogP contribution in [0.4, 0.5) is 0 Å². The van der Waals surface area contributed by atoms with Crippen LogP contribution in [0.2, 0.25) is 0 Å². The maximum Gasteiger partial charge on any atom is 0.215 e. The van der Waals surface area contributed by atoms with E-state index in [0.29, 0.717) is 26.1 Å². The number of rotatable bonds is 6. The lowest BCUT2D eigenvalue weighted by Gasteiger charge is -2.16. The largest absolute Gasteiger partial charge is 0.298 e. The molecule has 1 aliphatic heterocycles. The van der Waals surface area contributed by atoms with Crippen LogP contribution in [0.25, 0.3) is 11.3 Å². The van der Waals surface area contributed by atoms with Crippen molar-refractivity contribution in [2.24, 2.45) is 0 Å². The van der Waals surface area contributed by atoms with Crippen LogP contribution in [-0.4, -0.2) is 48.4 Å². The molecule has 7 heteroatoms. The van der Waals surface area contributed by atoms with Gasteiger partial charge >= 0.3 is 0 Å². The number of benzene rings is 1. The lowest BCUT2D eigenvalue weighted by atomic mass is 10.1. The molecule has 130 valence electrons. The molecule has 0 bridgehead atoms. The van der Waals surface area contributed by atoms with E-state index in [-0.39, 0.29) is 5.25 Å². The Morgan fingerprint density at radius 2 is 2.25 bits per heavy atom. The molecule has 3 rings (SSSR count). The molecule has 1 aromatic heterocycles. The van der Waals surface area contributed by atoms with Gasteiger partial charge in [0.15, 0.2) is 0 Å². The number of hydrogen-bond acceptors (Lipinski definition) is 4. The predicted octanol–water partition coefficient (Wildman–Crippen LogP) is 1.90. The molecule has 1 aliphatic rings. The number of nitrogens with one attached hydrogen (secondary N) is 2. The Kier molecular flexibility index (Phi) is 5.03. The van der Waals surface area contributed by atoms with Crippen LogP contribution in [0.5, 0.6) is 0 Å². The minimum atomic E-state index is -3.20. The van der Waals surface area contributed by atoms with Crippen LogP contribution in [0.15, 0.2) is 30.5 Å². The average Bonchev–Trinajstić information content (AvgIpc) is 3.17. The van der Waals surface area contributed by atoms with E-state index in [9.17, 15) is 8.42 Å². The summed E-state index contributed by atoms with van der Waals surface area (Å²) in [4.78, 5) is 2.18. The number of nitrogens with zero attached hydrogens (tertiary/aromatic N) is 2. The SMILES string of the molecule is CCNS(=O)(=O)C1CCN(Cc2cn[nH]c2-c2cccc(C)c2)C1. The Hall–Kier alpha value is -1.70. The van der Waals surface area contributed by atoms with Crippen molar-refractivity contribution in [3.05, 3.63) is 41.6 Å². The monoisotopic (exact) mass is 348 g/mol. The highest BCUT2D eigenvalue weighted by atomic mass is 32.2. The highest BCUT2D eigenvalue weighted by molar-refractivity contribution is 7.90. The summed E-state index contributed by atoms with van der Waals surface area (Å²) in [6.07, 6.45) is 2.51. The van der Waals surface area contributed by atoms with Gasteiger partial charge in [-0.1, -0.05) is 30.7 Å². The van der Waals surface area contributed by atoms with Crippen LogP contribution in [0.1, 0.15) is 24.5 Å². The summed E-state index contributed by atoms with van der Waals surface area (Å²) in [5, 5.41) is 6.94. The Balaban J connectivity index is 1.72. The van der Waals surface area contributed by atoms with Crippen LogP contribution in [0, 0.1) is 6.92 Å². The van der Waals surface area contributed by atoms with E-state index in [1.165, 1.54) is 5.56 Å². The number of aromatic nitrogens is 2. The molecule has 6 nitrogen and oxygen atoms in total. The van der Waals surface area contributed by atoms with Crippen molar-refractivity contribution in [2.45, 2.75) is 32.1 Å². The van der Waals surface area contributed by atoms with Gasteiger partial charge in [0.1, 0.15) is 0 Å². The van der Waals surface area contributed by atoms with Gasteiger partial charge in [0.05, 0.1) is 17.1 Å². The number of H-pyrrole nitrogens is 1. The van der Waals surface area contributed by atoms with Crippen molar-refractivity contribution in [3.63, 3.8) is 0 Å². The Morgan fingerprint density at radius 1 is 1.42 bits per heavy atom. The number of aryl methyl sites for hydroxylation is 1. The van der Waals surface area contributed by atoms with E-state index < -0.39 is 10.0 Å². The highest BCUT2D eigenvalue weighted by Gasteiger charge is 2.32. The van der Waals surface area contributed by atoms with Gasteiger partial charge in [0, 0.05) is 30.8 Å². The summed E-state index contributed by atoms with van der Waals surface area (Å²) >= 11 is 0. The zero-order valence-electron chi connectivity index (χ0n) is 14.1. The summed E-state index contributed by atoms with van der Waals surface area (Å²) in [7, 11) is -3.20. The first-order valence-corrected chi connectivity index (χ1v) is 9.84. The van der Waals surface area contributed by atoms with Crippen molar-refractivity contribution in [1.29, 1.82) is 0 Å². The third kappa shape index (κ3) is 3.68. The first kappa shape index (κ1) is 17.1. The molecule has 1 aromatic carbocycles. The maximum atomic E-state index is 12.2. The lowest BCUT2D eigenvalue weighted by Crippen LogP contribution is -2.36. The molecular weight excluding hydrogens is 324 g/mol. The summed E-state index contributed by atoms with van der Waals surface area (Å²) < 4.78 is 26.9. The lowest BCUT2D eigenvalue weighted by molar-refractivity contribution is 0.331. The minimum absolute atomic E-state index is 0.327. The summed E-state index contributed by atoms with van der Waals surface area (Å²) in [5.74, 6) is 0. The van der Waals surface area contributed by atoms with Gasteiger partial charge in [0.2, 0.25) is 10.0 Å². The topological polar surface area (TPSA) is 78.1 Å². The smallest absolute Gasteiger partial charge is 0.215 e. The van der Waals surface area contributed by atoms with E-state index in [0.717, 1.165) is 23.4 Å². The Bertz CT molecular complexity index is 800. The molecule has 1 fully saturated rings. The second-order valence-corrected chi connectivity index (χ2v) is 8.37. The number of likely N-dealkylation sites (tertiary alicyclic amines) is 1. The first-order chi connectivity index (χ1) is 11.5. The molecule has 24 heavy (non-hydrogen) atoms. The standard InChI is InChI=1S/C17H24N4O2S/c1-3-19-24(22,23)16-7-8-21(12-16)11-15-10-18-20-17(15)14-6-4-5-13(2)9-14/h4-6,9-10,16,19H,3,7-8,11-12H2,1-2H3,(H,18,20). The molecule has 1 unspecified atom stereocenters. The van der Waals surface area contributed by atoms with Gasteiger partial charge in [-0.05, 0) is 26.0 Å². The van der Waals surface area contributed by atoms with Crippen molar-refractivity contribution in [2.75, 3.05) is 19.6 Å². The van der Waals surface area contributed by atoms with Gasteiger partial charge in [0.25, 0.3) is 0 Å². The van der Waals surface area contributed by atoms with E-state index in [4.69, 9.17) is 0 Å². The average molecular weight is 348 g/mol. The number of hydrogen-bond donors (Lipinski definition) is 2. The fourth-order valence-corrected chi connectivity index (χ4v) is 4.70. The molecule has 0 amide bonds. The van der Waals surface area contributed by atoms with Crippen LogP contribution >= 0.6 is 0 Å². The molecule has 2 aromatic rings. The fraction of sp³-hybridized carbons (Fsp3) is 0.471. The van der Waals surface area contributed by atoms with Gasteiger partial charge in [-0.25, -0.2) is 13.1 Å². The summed E-state index contributed by atoms with van der Waals surface area (Å²) in [5.41, 5.74) is 4.42. The van der Waals surface area contributed by atoms with E-state index >= 15 is 0 Å². The molecule has 0 radical (unpaired) electrons. The van der Waals surface area contributed by atoms with Crippen molar-refractivity contribution < 1.29 is 8.42 Å². The minimum Gasteiger partial charge on any atom is -0.298 e. The molecule has 1 saturated heterocycles. The number of aromatic amines is 1. The quantitative estimate of drug-likeness (QED) is 0.836. The predicted molar refractivity (Wildman–Crippen MR) is 95.0 cm³/mol. The molecule has 0 aliphatic carbocycles. The Morgan fingerprint density at radius 3 is 3.00 bits per heavy atom. The van der Waals surface area contributed by atoms with E-state index in [2.05, 4.69) is 44.9 Å². The van der Waals surface area contributed by atoms with E-state index in [1.54, 1.807) is 0 Å². The molecule has 0 saturated carbocycles. The summed E-state index contributed by atoms with van der Waals surface area (Å²) in [6, 6.07) is 8.28. The molecule has 2 N–H and O–H groups in total. The second kappa shape index (κ2) is 7.04. The van der Waals surface area contributed by atoms with Crippen LogP contribution < -0.4 is 4.72 Å². The Labute approximate surface area is 143 Å². The van der Waals surface area contributed by atoms with Crippen molar-refractivity contribution in [3.8, 4) is 11.3 Å². The third-order valence-corrected chi connectivity index (χ3v) is 6.39. The third-order valence-electron chi connectivity index (χ3n) is 4.43. The van der Waals surface area contributed by atoms with Gasteiger partial charge in [-0.15, -0.1) is 0 Å². The zero-order valence-corrected chi connectivity index (χ0v) is 14.9. The van der Waals surface area contributed by atoms with Gasteiger partial charge in [-0.2, -0.15) is 5.10 Å². The van der Waals surface area contributed by atoms with Crippen LogP contribution in [-0.2, 0) is 16.6 Å². The zero-order chi connectivity index (χ0) is 17.2. The van der Waals surface area contributed by atoms with Gasteiger partial charge in [-0.3, -0.25) is 10.00 Å². The molecule has 2 heterocycles. The normalized spacial score (nSPS) is 19.0. The van der Waals surface area contributed by atoms with Crippen molar-refractivity contribution in [1.82, 2.24) is 19.8 Å². The summed E-state index contributed by atoms with van der Waals surface area (Å²) in [6.45, 7) is 6.37. The van der Waals surface area contributed by atoms with Crippen LogP contribution in [0.3, 0.4) is 0 Å². The highest BCUT2D eigenvalue weighted by Crippen LogP contribution is 2.25. The molecule has 0 spiro atoms. The van der Waals surface area contributed by atoms with Crippen molar-refractivity contribution >= 4 is 10.0 Å². The van der Waals surface area contributed by atoms with Gasteiger partial charge < -0.3 is 0 Å².